The van der Waals surface area contributed by atoms with Crippen molar-refractivity contribution < 1.29 is 9.21 Å². The molecule has 122 valence electrons. The molecule has 0 amide bonds. The predicted molar refractivity (Wildman–Crippen MR) is 98.7 cm³/mol. The molecule has 0 saturated heterocycles. The molecule has 0 fully saturated rings. The third kappa shape index (κ3) is 5.13. The summed E-state index contributed by atoms with van der Waals surface area (Å²) in [4.78, 5) is 11.9. The van der Waals surface area contributed by atoms with E-state index in [4.69, 9.17) is 4.42 Å². The highest BCUT2D eigenvalue weighted by Gasteiger charge is 2.28. The summed E-state index contributed by atoms with van der Waals surface area (Å²) in [5, 5.41) is 0.375. The van der Waals surface area contributed by atoms with Crippen molar-refractivity contribution in [3.63, 3.8) is 0 Å². The van der Waals surface area contributed by atoms with E-state index in [-0.39, 0.29) is 5.78 Å². The van der Waals surface area contributed by atoms with Crippen molar-refractivity contribution in [3.8, 4) is 11.3 Å². The van der Waals surface area contributed by atoms with Crippen LogP contribution in [0.25, 0.3) is 11.3 Å². The highest BCUT2D eigenvalue weighted by Crippen LogP contribution is 2.28. The summed E-state index contributed by atoms with van der Waals surface area (Å²) in [5.74, 6) is 1.01. The summed E-state index contributed by atoms with van der Waals surface area (Å²) < 4.78 is 5.34. The Morgan fingerprint density at radius 2 is 1.59 bits per heavy atom. The molecule has 22 heavy (non-hydrogen) atoms. The van der Waals surface area contributed by atoms with E-state index < -0.39 is 5.41 Å². The van der Waals surface area contributed by atoms with Crippen LogP contribution in [0.2, 0.25) is 0 Å². The lowest BCUT2D eigenvalue weighted by Gasteiger charge is -2.22. The maximum Gasteiger partial charge on any atom is 0.153 e. The van der Waals surface area contributed by atoms with Gasteiger partial charge in [-0.2, -0.15) is 0 Å². The molecule has 1 aromatic carbocycles. The molecule has 0 N–H and O–H groups in total. The molecule has 0 atom stereocenters. The fourth-order valence-electron chi connectivity index (χ4n) is 1.82. The quantitative estimate of drug-likeness (QED) is 0.599. The van der Waals surface area contributed by atoms with Gasteiger partial charge in [0, 0.05) is 11.0 Å². The second kappa shape index (κ2) is 10.4. The number of alkyl halides is 1. The number of hydrogen-bond acceptors (Lipinski definition) is 2. The zero-order valence-corrected chi connectivity index (χ0v) is 16.0. The average molecular weight is 367 g/mol. The van der Waals surface area contributed by atoms with Gasteiger partial charge in [-0.15, -0.1) is 0 Å². The Bertz CT molecular complexity index is 525. The van der Waals surface area contributed by atoms with Crippen LogP contribution in [0.15, 0.2) is 47.1 Å². The molecule has 0 spiro atoms. The molecule has 0 bridgehead atoms. The molecule has 3 heteroatoms. The molecular weight excluding hydrogens is 340 g/mol. The average Bonchev–Trinajstić information content (AvgIpc) is 3.12. The van der Waals surface area contributed by atoms with Crippen molar-refractivity contribution >= 4 is 21.7 Å². The van der Waals surface area contributed by atoms with E-state index in [2.05, 4.69) is 15.9 Å². The van der Waals surface area contributed by atoms with Gasteiger partial charge in [0.2, 0.25) is 0 Å². The number of carbonyl (C=O) groups is 1. The zero-order chi connectivity index (χ0) is 17.2. The van der Waals surface area contributed by atoms with Crippen molar-refractivity contribution in [2.24, 2.45) is 0 Å². The fourth-order valence-corrected chi connectivity index (χ4v) is 2.52. The van der Waals surface area contributed by atoms with Crippen LogP contribution in [0.5, 0.6) is 0 Å². The predicted octanol–water partition coefficient (Wildman–Crippen LogP) is 6.24. The van der Waals surface area contributed by atoms with E-state index >= 15 is 0 Å². The van der Waals surface area contributed by atoms with E-state index in [1.165, 1.54) is 0 Å². The van der Waals surface area contributed by atoms with Gasteiger partial charge in [-0.3, -0.25) is 4.79 Å². The van der Waals surface area contributed by atoms with Gasteiger partial charge in [0.25, 0.3) is 0 Å². The van der Waals surface area contributed by atoms with Gasteiger partial charge in [-0.25, -0.2) is 0 Å². The molecule has 0 unspecified atom stereocenters. The molecule has 1 heterocycles. The van der Waals surface area contributed by atoms with E-state index in [9.17, 15) is 4.79 Å². The molecule has 0 aliphatic rings. The van der Waals surface area contributed by atoms with Crippen molar-refractivity contribution in [2.45, 2.75) is 47.0 Å². The summed E-state index contributed by atoms with van der Waals surface area (Å²) in [6.45, 7) is 11.9. The van der Waals surface area contributed by atoms with Crippen LogP contribution in [0.3, 0.4) is 0 Å². The molecule has 0 saturated carbocycles. The molecule has 0 aliphatic carbocycles. The van der Waals surface area contributed by atoms with Crippen molar-refractivity contribution in [2.75, 3.05) is 5.33 Å². The monoisotopic (exact) mass is 366 g/mol. The van der Waals surface area contributed by atoms with Crippen LogP contribution < -0.4 is 0 Å². The summed E-state index contributed by atoms with van der Waals surface area (Å²) in [6, 6.07) is 11.7. The second-order valence-corrected chi connectivity index (χ2v) is 5.30. The Labute approximate surface area is 143 Å². The number of rotatable bonds is 4. The highest BCUT2D eigenvalue weighted by molar-refractivity contribution is 9.09. The molecule has 2 rings (SSSR count). The number of carbonyl (C=O) groups excluding carboxylic acids is 1. The third-order valence-corrected chi connectivity index (χ3v) is 3.74. The first-order chi connectivity index (χ1) is 10.6. The van der Waals surface area contributed by atoms with Gasteiger partial charge in [0.05, 0.1) is 11.6 Å². The van der Waals surface area contributed by atoms with Gasteiger partial charge in [0.1, 0.15) is 5.76 Å². The molecule has 0 aliphatic heterocycles. The minimum atomic E-state index is -0.467. The van der Waals surface area contributed by atoms with E-state index in [1.54, 1.807) is 6.26 Å². The van der Waals surface area contributed by atoms with Crippen LogP contribution in [0.4, 0.5) is 0 Å². The minimum absolute atomic E-state index is 0.174. The molecule has 2 aromatic rings. The van der Waals surface area contributed by atoms with Crippen LogP contribution in [-0.2, 0) is 10.2 Å². The number of hydrogen-bond donors (Lipinski definition) is 0. The summed E-state index contributed by atoms with van der Waals surface area (Å²) >= 11 is 3.23. The SMILES string of the molecule is CC.CC.CC(C)(C(=O)CBr)c1ccc(-c2ccco2)cc1. The first kappa shape index (κ1) is 20.6. The molecule has 2 nitrogen and oxygen atoms in total. The Balaban J connectivity index is 0.00000102. The van der Waals surface area contributed by atoms with Crippen LogP contribution in [0.1, 0.15) is 47.1 Å². The number of benzene rings is 1. The standard InChI is InChI=1S/C15H15BrO2.2C2H6/c1-15(2,14(17)10-16)12-7-5-11(6-8-12)13-4-3-9-18-13;2*1-2/h3-9H,10H2,1-2H3;2*1-2H3. The third-order valence-electron chi connectivity index (χ3n) is 3.23. The van der Waals surface area contributed by atoms with E-state index in [0.29, 0.717) is 5.33 Å². The topological polar surface area (TPSA) is 30.2 Å². The smallest absolute Gasteiger partial charge is 0.153 e. The summed E-state index contributed by atoms with van der Waals surface area (Å²) in [5.41, 5.74) is 1.57. The summed E-state index contributed by atoms with van der Waals surface area (Å²) in [6.07, 6.45) is 1.65. The number of Topliss-reactive ketones (excluding diaryl/α,β-unsaturated/α-hetero) is 1. The molecule has 1 aromatic heterocycles. The van der Waals surface area contributed by atoms with E-state index in [1.807, 2.05) is 77.9 Å². The number of ketones is 1. The fraction of sp³-hybridized carbons (Fsp3) is 0.421. The molecular formula is C19H27BrO2. The maximum absolute atomic E-state index is 11.9. The first-order valence-electron chi connectivity index (χ1n) is 7.79. The van der Waals surface area contributed by atoms with Crippen LogP contribution in [0, 0.1) is 0 Å². The maximum atomic E-state index is 11.9. The Kier molecular flexibility index (Phi) is 9.75. The summed E-state index contributed by atoms with van der Waals surface area (Å²) in [7, 11) is 0. The lowest BCUT2D eigenvalue weighted by atomic mass is 9.81. The molecule has 0 radical (unpaired) electrons. The van der Waals surface area contributed by atoms with Crippen LogP contribution >= 0.6 is 15.9 Å². The van der Waals surface area contributed by atoms with Gasteiger partial charge < -0.3 is 4.42 Å². The Hall–Kier alpha value is -1.35. The Morgan fingerprint density at radius 1 is 1.05 bits per heavy atom. The van der Waals surface area contributed by atoms with Crippen LogP contribution in [-0.4, -0.2) is 11.1 Å². The van der Waals surface area contributed by atoms with Crippen molar-refractivity contribution in [1.82, 2.24) is 0 Å². The zero-order valence-electron chi connectivity index (χ0n) is 14.4. The van der Waals surface area contributed by atoms with Gasteiger partial charge >= 0.3 is 0 Å². The Morgan fingerprint density at radius 3 is 2.00 bits per heavy atom. The van der Waals surface area contributed by atoms with Gasteiger partial charge in [-0.1, -0.05) is 67.9 Å². The number of halogens is 1. The van der Waals surface area contributed by atoms with Crippen molar-refractivity contribution in [3.05, 3.63) is 48.2 Å². The van der Waals surface area contributed by atoms with E-state index in [0.717, 1.165) is 16.9 Å². The lowest BCUT2D eigenvalue weighted by Crippen LogP contribution is -2.29. The largest absolute Gasteiger partial charge is 0.464 e. The number of furan rings is 1. The van der Waals surface area contributed by atoms with Gasteiger partial charge in [0.15, 0.2) is 5.78 Å². The van der Waals surface area contributed by atoms with Crippen molar-refractivity contribution in [1.29, 1.82) is 0 Å². The highest BCUT2D eigenvalue weighted by atomic mass is 79.9. The second-order valence-electron chi connectivity index (χ2n) is 4.74. The first-order valence-corrected chi connectivity index (χ1v) is 8.91. The minimum Gasteiger partial charge on any atom is -0.464 e. The normalized spacial score (nSPS) is 9.95. The van der Waals surface area contributed by atoms with Gasteiger partial charge in [-0.05, 0) is 31.5 Å². The lowest BCUT2D eigenvalue weighted by molar-refractivity contribution is -0.120.